The second-order valence-electron chi connectivity index (χ2n) is 8.31. The van der Waals surface area contributed by atoms with Crippen LogP contribution < -0.4 is 14.4 Å². The van der Waals surface area contributed by atoms with Crippen LogP contribution in [0.5, 0.6) is 11.5 Å². The number of benzene rings is 2. The predicted octanol–water partition coefficient (Wildman–Crippen LogP) is 5.99. The first-order valence-electron chi connectivity index (χ1n) is 11.3. The molecule has 30 heavy (non-hydrogen) atoms. The summed E-state index contributed by atoms with van der Waals surface area (Å²) in [5.74, 6) is 2.05. The van der Waals surface area contributed by atoms with Crippen LogP contribution in [0, 0.1) is 0 Å². The summed E-state index contributed by atoms with van der Waals surface area (Å²) in [6.45, 7) is 10.1. The molecule has 1 fully saturated rings. The Hall–Kier alpha value is -2.49. The Kier molecular flexibility index (Phi) is 7.78. The molecule has 4 heteroatoms. The van der Waals surface area contributed by atoms with E-state index in [0.29, 0.717) is 12.2 Å². The van der Waals surface area contributed by atoms with E-state index in [1.165, 1.54) is 5.69 Å². The number of anilines is 1. The molecule has 3 rings (SSSR count). The third kappa shape index (κ3) is 5.78. The van der Waals surface area contributed by atoms with Crippen molar-refractivity contribution in [2.75, 3.05) is 18.0 Å². The van der Waals surface area contributed by atoms with Crippen LogP contribution in [0.15, 0.2) is 48.5 Å². The van der Waals surface area contributed by atoms with Gasteiger partial charge in [-0.3, -0.25) is 4.79 Å². The maximum Gasteiger partial charge on any atom is 0.140 e. The van der Waals surface area contributed by atoms with Gasteiger partial charge in [-0.25, -0.2) is 0 Å². The van der Waals surface area contributed by atoms with Gasteiger partial charge in [-0.15, -0.1) is 0 Å². The number of hydrogen-bond acceptors (Lipinski definition) is 4. The van der Waals surface area contributed by atoms with Crippen LogP contribution in [0.25, 0.3) is 0 Å². The van der Waals surface area contributed by atoms with Crippen molar-refractivity contribution in [3.05, 3.63) is 54.1 Å². The third-order valence-corrected chi connectivity index (χ3v) is 5.92. The maximum atomic E-state index is 12.1. The number of Topliss-reactive ketones (excluding diaryl/α,β-unsaturated/α-hetero) is 1. The highest BCUT2D eigenvalue weighted by molar-refractivity contribution is 5.85. The van der Waals surface area contributed by atoms with E-state index in [1.807, 2.05) is 38.1 Å². The standard InChI is InChI=1S/C26H35NO3/c1-5-7-26(28)20(4)21-8-12-24(13-9-21)30-25-16-17-27(18-25)22-10-14-23(15-11-22)29-19(3)6-2/h8-15,19-20,25H,5-7,16-18H2,1-4H3/t19?,20?,25-/m1/s1. The van der Waals surface area contributed by atoms with Gasteiger partial charge in [0.25, 0.3) is 0 Å². The number of rotatable bonds is 10. The Morgan fingerprint density at radius 3 is 2.33 bits per heavy atom. The molecule has 2 unspecified atom stereocenters. The zero-order chi connectivity index (χ0) is 21.5. The fraction of sp³-hybridized carbons (Fsp3) is 0.500. The van der Waals surface area contributed by atoms with E-state index in [9.17, 15) is 4.79 Å². The highest BCUT2D eigenvalue weighted by Gasteiger charge is 2.24. The Morgan fingerprint density at radius 1 is 1.03 bits per heavy atom. The van der Waals surface area contributed by atoms with Crippen molar-refractivity contribution in [1.82, 2.24) is 0 Å². The van der Waals surface area contributed by atoms with E-state index in [0.717, 1.165) is 49.4 Å². The molecule has 4 nitrogen and oxygen atoms in total. The maximum absolute atomic E-state index is 12.1. The van der Waals surface area contributed by atoms with Gasteiger partial charge in [0, 0.05) is 31.0 Å². The van der Waals surface area contributed by atoms with Gasteiger partial charge in [0.15, 0.2) is 0 Å². The summed E-state index contributed by atoms with van der Waals surface area (Å²) in [6, 6.07) is 16.4. The van der Waals surface area contributed by atoms with Crippen molar-refractivity contribution in [2.24, 2.45) is 0 Å². The van der Waals surface area contributed by atoms with Gasteiger partial charge in [-0.1, -0.05) is 32.9 Å². The van der Waals surface area contributed by atoms with Crippen molar-refractivity contribution in [3.63, 3.8) is 0 Å². The molecule has 0 N–H and O–H groups in total. The van der Waals surface area contributed by atoms with Crippen LogP contribution >= 0.6 is 0 Å². The third-order valence-electron chi connectivity index (χ3n) is 5.92. The zero-order valence-electron chi connectivity index (χ0n) is 18.8. The lowest BCUT2D eigenvalue weighted by Gasteiger charge is -2.20. The number of ketones is 1. The monoisotopic (exact) mass is 409 g/mol. The van der Waals surface area contributed by atoms with Crippen molar-refractivity contribution in [3.8, 4) is 11.5 Å². The van der Waals surface area contributed by atoms with E-state index in [-0.39, 0.29) is 18.1 Å². The molecule has 0 amide bonds. The molecule has 0 bridgehead atoms. The van der Waals surface area contributed by atoms with Gasteiger partial charge in [-0.2, -0.15) is 0 Å². The van der Waals surface area contributed by atoms with Crippen LogP contribution in [-0.4, -0.2) is 31.1 Å². The molecule has 2 aromatic rings. The van der Waals surface area contributed by atoms with Crippen LogP contribution in [0.2, 0.25) is 0 Å². The van der Waals surface area contributed by atoms with Gasteiger partial charge >= 0.3 is 0 Å². The van der Waals surface area contributed by atoms with E-state index in [2.05, 4.69) is 43.0 Å². The van der Waals surface area contributed by atoms with Crippen molar-refractivity contribution in [1.29, 1.82) is 0 Å². The molecule has 0 spiro atoms. The topological polar surface area (TPSA) is 38.8 Å². The van der Waals surface area contributed by atoms with Crippen LogP contribution in [-0.2, 0) is 4.79 Å². The molecular formula is C26H35NO3. The molecular weight excluding hydrogens is 374 g/mol. The lowest BCUT2D eigenvalue weighted by atomic mass is 9.94. The molecule has 0 aliphatic carbocycles. The van der Waals surface area contributed by atoms with Gasteiger partial charge in [0.05, 0.1) is 12.6 Å². The number of ether oxygens (including phenoxy) is 2. The summed E-state index contributed by atoms with van der Waals surface area (Å²) in [7, 11) is 0. The van der Waals surface area contributed by atoms with Crippen molar-refractivity contribution in [2.45, 2.75) is 71.5 Å². The summed E-state index contributed by atoms with van der Waals surface area (Å²) in [4.78, 5) is 14.5. The van der Waals surface area contributed by atoms with E-state index < -0.39 is 0 Å². The Bertz CT molecular complexity index is 800. The van der Waals surface area contributed by atoms with Crippen molar-refractivity contribution < 1.29 is 14.3 Å². The zero-order valence-corrected chi connectivity index (χ0v) is 18.8. The average Bonchev–Trinajstić information content (AvgIpc) is 3.23. The fourth-order valence-electron chi connectivity index (χ4n) is 3.79. The first kappa shape index (κ1) is 22.2. The molecule has 0 aromatic heterocycles. The Morgan fingerprint density at radius 2 is 1.70 bits per heavy atom. The second kappa shape index (κ2) is 10.5. The SMILES string of the molecule is CCCC(=O)C(C)c1ccc(O[C@@H]2CCN(c3ccc(OC(C)CC)cc3)C2)cc1. The fourth-order valence-corrected chi connectivity index (χ4v) is 3.79. The van der Waals surface area contributed by atoms with Crippen LogP contribution in [0.1, 0.15) is 64.9 Å². The quantitative estimate of drug-likeness (QED) is 0.483. The lowest BCUT2D eigenvalue weighted by molar-refractivity contribution is -0.120. The number of hydrogen-bond donors (Lipinski definition) is 0. The van der Waals surface area contributed by atoms with E-state index in [1.54, 1.807) is 0 Å². The van der Waals surface area contributed by atoms with Gasteiger partial charge in [-0.05, 0) is 61.7 Å². The minimum atomic E-state index is -0.0479. The highest BCUT2D eigenvalue weighted by atomic mass is 16.5. The van der Waals surface area contributed by atoms with Crippen LogP contribution in [0.4, 0.5) is 5.69 Å². The lowest BCUT2D eigenvalue weighted by Crippen LogP contribution is -2.24. The first-order valence-corrected chi connectivity index (χ1v) is 11.3. The summed E-state index contributed by atoms with van der Waals surface area (Å²) in [6.07, 6.45) is 3.95. The summed E-state index contributed by atoms with van der Waals surface area (Å²) in [5.41, 5.74) is 2.27. The van der Waals surface area contributed by atoms with Gasteiger partial charge < -0.3 is 14.4 Å². The molecule has 1 aliphatic rings. The molecule has 0 saturated carbocycles. The summed E-state index contributed by atoms with van der Waals surface area (Å²) >= 11 is 0. The van der Waals surface area contributed by atoms with E-state index >= 15 is 0 Å². The molecule has 2 aromatic carbocycles. The predicted molar refractivity (Wildman–Crippen MR) is 123 cm³/mol. The molecule has 1 saturated heterocycles. The highest BCUT2D eigenvalue weighted by Crippen LogP contribution is 2.27. The van der Waals surface area contributed by atoms with Crippen LogP contribution in [0.3, 0.4) is 0 Å². The van der Waals surface area contributed by atoms with E-state index in [4.69, 9.17) is 9.47 Å². The largest absolute Gasteiger partial charge is 0.491 e. The average molecular weight is 410 g/mol. The Balaban J connectivity index is 1.53. The number of carbonyl (C=O) groups is 1. The molecule has 162 valence electrons. The number of carbonyl (C=O) groups excluding carboxylic acids is 1. The minimum Gasteiger partial charge on any atom is -0.491 e. The molecule has 3 atom stereocenters. The minimum absolute atomic E-state index is 0.0479. The van der Waals surface area contributed by atoms with Gasteiger partial charge in [0.2, 0.25) is 0 Å². The normalized spacial score (nSPS) is 18.1. The second-order valence-corrected chi connectivity index (χ2v) is 8.31. The summed E-state index contributed by atoms with van der Waals surface area (Å²) < 4.78 is 12.1. The number of nitrogens with zero attached hydrogens (tertiary/aromatic N) is 1. The summed E-state index contributed by atoms with van der Waals surface area (Å²) in [5, 5.41) is 0. The molecule has 1 aliphatic heterocycles. The smallest absolute Gasteiger partial charge is 0.140 e. The molecule has 0 radical (unpaired) electrons. The van der Waals surface area contributed by atoms with Crippen molar-refractivity contribution >= 4 is 11.5 Å². The molecule has 1 heterocycles. The Labute approximate surface area is 181 Å². The van der Waals surface area contributed by atoms with Gasteiger partial charge in [0.1, 0.15) is 23.4 Å². The first-order chi connectivity index (χ1) is 14.5.